The highest BCUT2D eigenvalue weighted by molar-refractivity contribution is 7.22. The third-order valence-electron chi connectivity index (χ3n) is 2.38. The minimum atomic E-state index is 0.305. The number of rotatable bonds is 1. The fourth-order valence-corrected chi connectivity index (χ4v) is 2.66. The van der Waals surface area contributed by atoms with E-state index in [1.807, 2.05) is 24.3 Å². The molecule has 3 nitrogen and oxygen atoms in total. The molecule has 0 saturated carbocycles. The van der Waals surface area contributed by atoms with Crippen molar-refractivity contribution >= 4 is 21.6 Å². The molecule has 0 saturated heterocycles. The summed E-state index contributed by atoms with van der Waals surface area (Å²) in [6.45, 7) is 0. The number of aromatic nitrogens is 2. The van der Waals surface area contributed by atoms with Crippen LogP contribution in [-0.2, 0) is 0 Å². The van der Waals surface area contributed by atoms with E-state index in [1.165, 1.54) is 11.3 Å². The van der Waals surface area contributed by atoms with E-state index in [0.29, 0.717) is 5.75 Å². The van der Waals surface area contributed by atoms with Crippen molar-refractivity contribution in [1.82, 2.24) is 9.97 Å². The first-order valence-corrected chi connectivity index (χ1v) is 5.65. The van der Waals surface area contributed by atoms with Crippen LogP contribution >= 0.6 is 11.3 Å². The lowest BCUT2D eigenvalue weighted by atomic mass is 10.2. The van der Waals surface area contributed by atoms with Crippen molar-refractivity contribution in [2.24, 2.45) is 0 Å². The normalized spacial score (nSPS) is 10.8. The second-order valence-corrected chi connectivity index (χ2v) is 4.37. The molecule has 0 fully saturated rings. The first-order valence-electron chi connectivity index (χ1n) is 4.83. The molecule has 0 spiro atoms. The maximum Gasteiger partial charge on any atom is 0.143 e. The molecule has 3 heterocycles. The average molecular weight is 228 g/mol. The topological polar surface area (TPSA) is 46.0 Å². The van der Waals surface area contributed by atoms with Gasteiger partial charge in [-0.2, -0.15) is 0 Å². The number of pyridine rings is 2. The van der Waals surface area contributed by atoms with Crippen LogP contribution in [0.1, 0.15) is 0 Å². The summed E-state index contributed by atoms with van der Waals surface area (Å²) >= 11 is 1.49. The quantitative estimate of drug-likeness (QED) is 0.696. The second kappa shape index (κ2) is 3.57. The number of hydrogen-bond acceptors (Lipinski definition) is 4. The Morgan fingerprint density at radius 1 is 1.06 bits per heavy atom. The molecular weight excluding hydrogens is 220 g/mol. The largest absolute Gasteiger partial charge is 0.506 e. The highest BCUT2D eigenvalue weighted by atomic mass is 32.1. The smallest absolute Gasteiger partial charge is 0.143 e. The molecular formula is C12H8N2OS. The molecule has 0 aliphatic heterocycles. The molecule has 3 aromatic rings. The molecule has 3 rings (SSSR count). The van der Waals surface area contributed by atoms with Crippen LogP contribution in [0.2, 0.25) is 0 Å². The monoisotopic (exact) mass is 228 g/mol. The van der Waals surface area contributed by atoms with E-state index >= 15 is 0 Å². The Kier molecular flexibility index (Phi) is 2.08. The van der Waals surface area contributed by atoms with Gasteiger partial charge < -0.3 is 5.11 Å². The van der Waals surface area contributed by atoms with Gasteiger partial charge in [-0.05, 0) is 29.8 Å². The number of nitrogens with zero attached hydrogens (tertiary/aromatic N) is 2. The molecule has 0 unspecified atom stereocenters. The van der Waals surface area contributed by atoms with E-state index in [2.05, 4.69) is 9.97 Å². The molecule has 0 atom stereocenters. The summed E-state index contributed by atoms with van der Waals surface area (Å²) in [5.74, 6) is 0.305. The molecule has 1 N–H and O–H groups in total. The maximum atomic E-state index is 10.1. The first-order chi connectivity index (χ1) is 7.86. The van der Waals surface area contributed by atoms with E-state index < -0.39 is 0 Å². The van der Waals surface area contributed by atoms with Crippen molar-refractivity contribution < 1.29 is 5.11 Å². The van der Waals surface area contributed by atoms with E-state index in [4.69, 9.17) is 0 Å². The van der Waals surface area contributed by atoms with Gasteiger partial charge in [-0.3, -0.25) is 4.98 Å². The minimum absolute atomic E-state index is 0.305. The second-order valence-electron chi connectivity index (χ2n) is 3.37. The average Bonchev–Trinajstić information content (AvgIpc) is 2.69. The van der Waals surface area contributed by atoms with Crippen LogP contribution in [0.4, 0.5) is 0 Å². The van der Waals surface area contributed by atoms with Gasteiger partial charge in [0.05, 0.1) is 10.3 Å². The maximum absolute atomic E-state index is 10.1. The van der Waals surface area contributed by atoms with Crippen molar-refractivity contribution in [2.75, 3.05) is 0 Å². The lowest BCUT2D eigenvalue weighted by Crippen LogP contribution is -1.73. The third-order valence-corrected chi connectivity index (χ3v) is 3.53. The van der Waals surface area contributed by atoms with Gasteiger partial charge >= 0.3 is 0 Å². The van der Waals surface area contributed by atoms with Gasteiger partial charge in [0.15, 0.2) is 0 Å². The van der Waals surface area contributed by atoms with Gasteiger partial charge in [0.2, 0.25) is 0 Å². The fraction of sp³-hybridized carbons (Fsp3) is 0. The Morgan fingerprint density at radius 3 is 2.62 bits per heavy atom. The summed E-state index contributed by atoms with van der Waals surface area (Å²) in [6.07, 6.45) is 5.16. The van der Waals surface area contributed by atoms with Crippen molar-refractivity contribution in [3.63, 3.8) is 0 Å². The van der Waals surface area contributed by atoms with Gasteiger partial charge in [0.1, 0.15) is 10.6 Å². The summed E-state index contributed by atoms with van der Waals surface area (Å²) in [5, 5.41) is 10.9. The molecule has 0 amide bonds. The number of fused-ring (bicyclic) bond motifs is 1. The Labute approximate surface area is 96.0 Å². The highest BCUT2D eigenvalue weighted by Crippen LogP contribution is 2.42. The summed E-state index contributed by atoms with van der Waals surface area (Å²) in [5.41, 5.74) is 0.968. The minimum Gasteiger partial charge on any atom is -0.506 e. The van der Waals surface area contributed by atoms with Crippen molar-refractivity contribution in [2.45, 2.75) is 0 Å². The summed E-state index contributed by atoms with van der Waals surface area (Å²) < 4.78 is 0. The molecule has 0 aliphatic rings. The van der Waals surface area contributed by atoms with Crippen LogP contribution in [0.5, 0.6) is 5.75 Å². The zero-order valence-corrected chi connectivity index (χ0v) is 9.11. The summed E-state index contributed by atoms with van der Waals surface area (Å²) in [6, 6.07) is 7.46. The molecule has 16 heavy (non-hydrogen) atoms. The molecule has 0 radical (unpaired) electrons. The first kappa shape index (κ1) is 9.30. The summed E-state index contributed by atoms with van der Waals surface area (Å²) in [4.78, 5) is 9.89. The fourth-order valence-electron chi connectivity index (χ4n) is 1.62. The Morgan fingerprint density at radius 2 is 1.88 bits per heavy atom. The van der Waals surface area contributed by atoms with Crippen LogP contribution in [0.3, 0.4) is 0 Å². The van der Waals surface area contributed by atoms with E-state index in [-0.39, 0.29) is 0 Å². The van der Waals surface area contributed by atoms with Gasteiger partial charge in [-0.15, -0.1) is 11.3 Å². The van der Waals surface area contributed by atoms with Crippen molar-refractivity contribution in [3.05, 3.63) is 42.9 Å². The third kappa shape index (κ3) is 1.35. The van der Waals surface area contributed by atoms with Crippen LogP contribution in [-0.4, -0.2) is 15.1 Å². The van der Waals surface area contributed by atoms with Crippen molar-refractivity contribution in [3.8, 4) is 16.2 Å². The van der Waals surface area contributed by atoms with Gasteiger partial charge in [-0.25, -0.2) is 4.98 Å². The van der Waals surface area contributed by atoms with E-state index in [1.54, 1.807) is 18.6 Å². The zero-order valence-electron chi connectivity index (χ0n) is 8.29. The SMILES string of the molecule is Oc1c(-c2ccncc2)sc2ncccc12. The Hall–Kier alpha value is -1.94. The van der Waals surface area contributed by atoms with Gasteiger partial charge in [0.25, 0.3) is 0 Å². The molecule has 0 bridgehead atoms. The molecule has 4 heteroatoms. The number of hydrogen-bond donors (Lipinski definition) is 1. The van der Waals surface area contributed by atoms with Crippen LogP contribution in [0, 0.1) is 0 Å². The summed E-state index contributed by atoms with van der Waals surface area (Å²) in [7, 11) is 0. The molecule has 0 aromatic carbocycles. The van der Waals surface area contributed by atoms with Crippen LogP contribution < -0.4 is 0 Å². The Bertz CT molecular complexity index is 634. The molecule has 3 aromatic heterocycles. The standard InChI is InChI=1S/C12H8N2OS/c15-10-9-2-1-5-14-12(9)16-11(10)8-3-6-13-7-4-8/h1-7,15H. The predicted octanol–water partition coefficient (Wildman–Crippen LogP) is 3.06. The van der Waals surface area contributed by atoms with E-state index in [0.717, 1.165) is 20.7 Å². The van der Waals surface area contributed by atoms with Crippen molar-refractivity contribution in [1.29, 1.82) is 0 Å². The molecule has 0 aliphatic carbocycles. The van der Waals surface area contributed by atoms with Gasteiger partial charge in [-0.1, -0.05) is 0 Å². The zero-order chi connectivity index (χ0) is 11.0. The highest BCUT2D eigenvalue weighted by Gasteiger charge is 2.12. The molecule has 78 valence electrons. The lowest BCUT2D eigenvalue weighted by molar-refractivity contribution is 0.485. The van der Waals surface area contributed by atoms with Gasteiger partial charge in [0, 0.05) is 18.6 Å². The van der Waals surface area contributed by atoms with Crippen LogP contribution in [0.15, 0.2) is 42.9 Å². The van der Waals surface area contributed by atoms with E-state index in [9.17, 15) is 5.11 Å². The lowest BCUT2D eigenvalue weighted by Gasteiger charge is -1.96. The predicted molar refractivity (Wildman–Crippen MR) is 64.5 cm³/mol. The number of aromatic hydroxyl groups is 1. The number of thiophene rings is 1. The Balaban J connectivity index is 2.29. The van der Waals surface area contributed by atoms with Crippen LogP contribution in [0.25, 0.3) is 20.7 Å².